The minimum absolute atomic E-state index is 0.148. The highest BCUT2D eigenvalue weighted by atomic mass is 35.5. The maximum atomic E-state index is 10.8. The Hall–Kier alpha value is -1.06. The SMILES string of the molecule is C[C@@H](c1ccc(Cl)cc1)N(C)CC(N)=O. The second kappa shape index (κ2) is 5.14. The average molecular weight is 227 g/mol. The first-order chi connectivity index (χ1) is 7.00. The molecule has 0 bridgehead atoms. The van der Waals surface area contributed by atoms with Gasteiger partial charge in [-0.2, -0.15) is 0 Å². The number of carbonyl (C=O) groups is 1. The van der Waals surface area contributed by atoms with Crippen molar-refractivity contribution in [3.05, 3.63) is 34.9 Å². The molecule has 0 spiro atoms. The zero-order valence-electron chi connectivity index (χ0n) is 8.90. The van der Waals surface area contributed by atoms with Gasteiger partial charge >= 0.3 is 0 Å². The van der Waals surface area contributed by atoms with E-state index in [1.165, 1.54) is 0 Å². The van der Waals surface area contributed by atoms with E-state index < -0.39 is 0 Å². The Morgan fingerprint density at radius 2 is 2.00 bits per heavy atom. The van der Waals surface area contributed by atoms with Gasteiger partial charge in [0.15, 0.2) is 0 Å². The van der Waals surface area contributed by atoms with Crippen LogP contribution in [0.5, 0.6) is 0 Å². The van der Waals surface area contributed by atoms with Crippen LogP contribution in [0.4, 0.5) is 0 Å². The fourth-order valence-corrected chi connectivity index (χ4v) is 1.50. The number of hydrogen-bond donors (Lipinski definition) is 1. The first-order valence-electron chi connectivity index (χ1n) is 4.74. The number of benzene rings is 1. The molecule has 2 N–H and O–H groups in total. The van der Waals surface area contributed by atoms with Gasteiger partial charge in [-0.05, 0) is 31.7 Å². The summed E-state index contributed by atoms with van der Waals surface area (Å²) in [5.74, 6) is -0.321. The van der Waals surface area contributed by atoms with Gasteiger partial charge in [-0.3, -0.25) is 9.69 Å². The van der Waals surface area contributed by atoms with Gasteiger partial charge in [-0.15, -0.1) is 0 Å². The van der Waals surface area contributed by atoms with Crippen molar-refractivity contribution in [3.8, 4) is 0 Å². The number of nitrogens with two attached hydrogens (primary N) is 1. The standard InChI is InChI=1S/C11H15ClN2O/c1-8(14(2)7-11(13)15)9-3-5-10(12)6-4-9/h3-6,8H,7H2,1-2H3,(H2,13,15)/t8-/m0/s1. The van der Waals surface area contributed by atoms with Crippen LogP contribution in [0.2, 0.25) is 5.02 Å². The van der Waals surface area contributed by atoms with Gasteiger partial charge in [0, 0.05) is 11.1 Å². The number of halogens is 1. The van der Waals surface area contributed by atoms with Crippen LogP contribution in [-0.2, 0) is 4.79 Å². The lowest BCUT2D eigenvalue weighted by Gasteiger charge is -2.23. The van der Waals surface area contributed by atoms with Crippen LogP contribution < -0.4 is 5.73 Å². The summed E-state index contributed by atoms with van der Waals surface area (Å²) in [6.45, 7) is 2.27. The van der Waals surface area contributed by atoms with Crippen molar-refractivity contribution in [3.63, 3.8) is 0 Å². The summed E-state index contributed by atoms with van der Waals surface area (Å²) in [6, 6.07) is 7.72. The van der Waals surface area contributed by atoms with Crippen molar-refractivity contribution in [2.45, 2.75) is 13.0 Å². The highest BCUT2D eigenvalue weighted by Crippen LogP contribution is 2.20. The monoisotopic (exact) mass is 226 g/mol. The van der Waals surface area contributed by atoms with Crippen molar-refractivity contribution >= 4 is 17.5 Å². The first kappa shape index (κ1) is 12.0. The molecule has 0 aromatic heterocycles. The molecule has 82 valence electrons. The maximum Gasteiger partial charge on any atom is 0.231 e. The molecule has 0 saturated carbocycles. The maximum absolute atomic E-state index is 10.8. The van der Waals surface area contributed by atoms with E-state index in [0.29, 0.717) is 5.02 Å². The van der Waals surface area contributed by atoms with Crippen molar-refractivity contribution in [1.29, 1.82) is 0 Å². The smallest absolute Gasteiger partial charge is 0.231 e. The number of hydrogen-bond acceptors (Lipinski definition) is 2. The van der Waals surface area contributed by atoms with Crippen molar-refractivity contribution in [2.75, 3.05) is 13.6 Å². The molecule has 0 unspecified atom stereocenters. The predicted molar refractivity (Wildman–Crippen MR) is 61.7 cm³/mol. The van der Waals surface area contributed by atoms with Crippen LogP contribution in [0.15, 0.2) is 24.3 Å². The molecule has 0 aliphatic carbocycles. The minimum atomic E-state index is -0.321. The van der Waals surface area contributed by atoms with Crippen molar-refractivity contribution < 1.29 is 4.79 Å². The summed E-state index contributed by atoms with van der Waals surface area (Å²) >= 11 is 5.79. The van der Waals surface area contributed by atoms with E-state index in [9.17, 15) is 4.79 Å². The Labute approximate surface area is 94.8 Å². The summed E-state index contributed by atoms with van der Waals surface area (Å²) in [7, 11) is 1.87. The summed E-state index contributed by atoms with van der Waals surface area (Å²) in [6.07, 6.45) is 0. The number of amides is 1. The van der Waals surface area contributed by atoms with E-state index >= 15 is 0 Å². The molecule has 1 amide bonds. The molecule has 1 rings (SSSR count). The number of carbonyl (C=O) groups excluding carboxylic acids is 1. The molecule has 15 heavy (non-hydrogen) atoms. The number of rotatable bonds is 4. The van der Waals surface area contributed by atoms with Crippen LogP contribution in [-0.4, -0.2) is 24.4 Å². The second-order valence-electron chi connectivity index (χ2n) is 3.61. The molecule has 1 atom stereocenters. The molecular formula is C11H15ClN2O. The van der Waals surface area contributed by atoms with Crippen LogP contribution in [0.3, 0.4) is 0 Å². The Morgan fingerprint density at radius 1 is 1.47 bits per heavy atom. The lowest BCUT2D eigenvalue weighted by molar-refractivity contribution is -0.119. The van der Waals surface area contributed by atoms with Crippen LogP contribution >= 0.6 is 11.6 Å². The van der Waals surface area contributed by atoms with Crippen molar-refractivity contribution in [2.24, 2.45) is 5.73 Å². The Balaban J connectivity index is 2.71. The summed E-state index contributed by atoms with van der Waals surface area (Å²) in [5.41, 5.74) is 6.25. The van der Waals surface area contributed by atoms with E-state index in [-0.39, 0.29) is 18.5 Å². The third-order valence-corrected chi connectivity index (χ3v) is 2.67. The Morgan fingerprint density at radius 3 is 2.47 bits per heavy atom. The van der Waals surface area contributed by atoms with E-state index in [1.807, 2.05) is 43.1 Å². The molecular weight excluding hydrogens is 212 g/mol. The fourth-order valence-electron chi connectivity index (χ4n) is 1.38. The molecule has 0 aliphatic heterocycles. The normalized spacial score (nSPS) is 12.8. The van der Waals surface area contributed by atoms with Gasteiger partial charge in [0.05, 0.1) is 6.54 Å². The van der Waals surface area contributed by atoms with Gasteiger partial charge in [0.25, 0.3) is 0 Å². The minimum Gasteiger partial charge on any atom is -0.369 e. The molecule has 1 aromatic carbocycles. The first-order valence-corrected chi connectivity index (χ1v) is 5.12. The topological polar surface area (TPSA) is 46.3 Å². The number of primary amides is 1. The molecule has 1 aromatic rings. The number of likely N-dealkylation sites (N-methyl/N-ethyl adjacent to an activating group) is 1. The molecule has 0 radical (unpaired) electrons. The Kier molecular flexibility index (Phi) is 4.12. The number of nitrogens with zero attached hydrogens (tertiary/aromatic N) is 1. The quantitative estimate of drug-likeness (QED) is 0.851. The molecule has 0 heterocycles. The fraction of sp³-hybridized carbons (Fsp3) is 0.364. The van der Waals surface area contributed by atoms with Gasteiger partial charge in [0.2, 0.25) is 5.91 Å². The van der Waals surface area contributed by atoms with E-state index in [0.717, 1.165) is 5.56 Å². The van der Waals surface area contributed by atoms with Gasteiger partial charge in [-0.1, -0.05) is 23.7 Å². The van der Waals surface area contributed by atoms with Crippen LogP contribution in [0.25, 0.3) is 0 Å². The molecule has 0 fully saturated rings. The summed E-state index contributed by atoms with van der Waals surface area (Å²) in [4.78, 5) is 12.7. The zero-order chi connectivity index (χ0) is 11.4. The van der Waals surface area contributed by atoms with Gasteiger partial charge in [-0.25, -0.2) is 0 Å². The molecule has 0 saturated heterocycles. The van der Waals surface area contributed by atoms with E-state index in [1.54, 1.807) is 0 Å². The zero-order valence-corrected chi connectivity index (χ0v) is 9.66. The second-order valence-corrected chi connectivity index (χ2v) is 4.05. The largest absolute Gasteiger partial charge is 0.369 e. The third-order valence-electron chi connectivity index (χ3n) is 2.42. The van der Waals surface area contributed by atoms with Crippen LogP contribution in [0.1, 0.15) is 18.5 Å². The highest BCUT2D eigenvalue weighted by molar-refractivity contribution is 6.30. The highest BCUT2D eigenvalue weighted by Gasteiger charge is 2.12. The summed E-state index contributed by atoms with van der Waals surface area (Å²) in [5, 5.41) is 0.712. The van der Waals surface area contributed by atoms with E-state index in [2.05, 4.69) is 0 Å². The molecule has 4 heteroatoms. The third kappa shape index (κ3) is 3.53. The van der Waals surface area contributed by atoms with Gasteiger partial charge < -0.3 is 5.73 Å². The lowest BCUT2D eigenvalue weighted by Crippen LogP contribution is -2.32. The van der Waals surface area contributed by atoms with E-state index in [4.69, 9.17) is 17.3 Å². The molecule has 3 nitrogen and oxygen atoms in total. The van der Waals surface area contributed by atoms with Gasteiger partial charge in [0.1, 0.15) is 0 Å². The summed E-state index contributed by atoms with van der Waals surface area (Å²) < 4.78 is 0. The predicted octanol–water partition coefficient (Wildman–Crippen LogP) is 1.82. The molecule has 0 aliphatic rings. The van der Waals surface area contributed by atoms with Crippen LogP contribution in [0, 0.1) is 0 Å². The Bertz CT molecular complexity index is 337. The average Bonchev–Trinajstić information content (AvgIpc) is 2.17. The lowest BCUT2D eigenvalue weighted by atomic mass is 10.1. The van der Waals surface area contributed by atoms with Crippen molar-refractivity contribution in [1.82, 2.24) is 4.90 Å².